The summed E-state index contributed by atoms with van der Waals surface area (Å²) in [5.41, 5.74) is 1.94. The number of carbonyl (C=O) groups is 2. The zero-order valence-corrected chi connectivity index (χ0v) is 16.4. The van der Waals surface area contributed by atoms with Gasteiger partial charge in [-0.15, -0.1) is 11.3 Å². The van der Waals surface area contributed by atoms with Crippen LogP contribution in [0, 0.1) is 12.7 Å². The van der Waals surface area contributed by atoms with Gasteiger partial charge in [0, 0.05) is 23.1 Å². The molecule has 0 saturated heterocycles. The fourth-order valence-electron chi connectivity index (χ4n) is 2.77. The first-order valence-electron chi connectivity index (χ1n) is 8.94. The number of halogens is 1. The Hall–Kier alpha value is -2.81. The molecule has 0 aliphatic carbocycles. The third-order valence-corrected chi connectivity index (χ3v) is 4.97. The Bertz CT molecular complexity index is 912. The molecule has 2 aromatic rings. The molecule has 0 saturated carbocycles. The van der Waals surface area contributed by atoms with Gasteiger partial charge in [0.25, 0.3) is 5.91 Å². The molecule has 1 aromatic carbocycles. The first-order valence-corrected chi connectivity index (χ1v) is 9.82. The number of thiazole rings is 1. The van der Waals surface area contributed by atoms with Crippen LogP contribution in [0.25, 0.3) is 0 Å². The highest BCUT2D eigenvalue weighted by atomic mass is 32.1. The van der Waals surface area contributed by atoms with Crippen molar-refractivity contribution in [2.45, 2.75) is 39.2 Å². The number of hydrogen-bond donors (Lipinski definition) is 2. The third-order valence-electron chi connectivity index (χ3n) is 4.14. The van der Waals surface area contributed by atoms with Crippen LogP contribution < -0.4 is 10.6 Å². The van der Waals surface area contributed by atoms with E-state index < -0.39 is 11.7 Å². The Morgan fingerprint density at radius 3 is 2.86 bits per heavy atom. The summed E-state index contributed by atoms with van der Waals surface area (Å²) in [6, 6.07) is 3.73. The quantitative estimate of drug-likeness (QED) is 0.742. The smallest absolute Gasteiger partial charge is 0.251 e. The number of nitrogens with zero attached hydrogens (tertiary/aromatic N) is 2. The van der Waals surface area contributed by atoms with E-state index in [4.69, 9.17) is 4.84 Å². The molecular weight excluding hydrogens is 383 g/mol. The maximum Gasteiger partial charge on any atom is 0.251 e. The van der Waals surface area contributed by atoms with Crippen molar-refractivity contribution in [1.82, 2.24) is 10.3 Å². The number of amides is 2. The van der Waals surface area contributed by atoms with E-state index in [1.165, 1.54) is 23.5 Å². The topological polar surface area (TPSA) is 92.7 Å². The maximum absolute atomic E-state index is 13.9. The van der Waals surface area contributed by atoms with Gasteiger partial charge in [0.2, 0.25) is 5.91 Å². The molecule has 2 heterocycles. The molecule has 3 rings (SSSR count). The van der Waals surface area contributed by atoms with Gasteiger partial charge >= 0.3 is 0 Å². The molecule has 0 fully saturated rings. The van der Waals surface area contributed by atoms with Crippen molar-refractivity contribution in [2.75, 3.05) is 11.9 Å². The van der Waals surface area contributed by atoms with E-state index >= 15 is 0 Å². The molecular formula is C19H21FN4O3S. The van der Waals surface area contributed by atoms with Crippen LogP contribution in [0.4, 0.5) is 10.1 Å². The fraction of sp³-hybridized carbons (Fsp3) is 0.368. The number of benzene rings is 1. The number of oxime groups is 1. The Kier molecular flexibility index (Phi) is 6.35. The van der Waals surface area contributed by atoms with Crippen LogP contribution in [0.15, 0.2) is 28.7 Å². The second-order valence-electron chi connectivity index (χ2n) is 6.46. The number of nitrogens with one attached hydrogen (secondary N) is 2. The molecule has 0 bridgehead atoms. The highest BCUT2D eigenvalue weighted by Gasteiger charge is 2.21. The standard InChI is InChI=1S/C19H21FN4O3S/c1-3-14-7-17(27-24-14)9-21-19(26)12-4-13(20)6-15(5-12)23-18(25)8-16-10-28-11(2)22-16/h4-6,10,17H,3,7-9H2,1-2H3,(H,21,26)(H,23,25). The third kappa shape index (κ3) is 5.35. The molecule has 2 N–H and O–H groups in total. The van der Waals surface area contributed by atoms with E-state index in [2.05, 4.69) is 20.8 Å². The van der Waals surface area contributed by atoms with Crippen molar-refractivity contribution in [3.63, 3.8) is 0 Å². The van der Waals surface area contributed by atoms with Crippen LogP contribution in [-0.4, -0.2) is 35.2 Å². The number of hydrogen-bond acceptors (Lipinski definition) is 6. The SMILES string of the molecule is CCC1=NOC(CNC(=O)c2cc(F)cc(NC(=O)Cc3csc(C)n3)c2)C1. The Morgan fingerprint density at radius 2 is 2.18 bits per heavy atom. The van der Waals surface area contributed by atoms with Gasteiger partial charge in [-0.25, -0.2) is 9.37 Å². The molecule has 1 aliphatic heterocycles. The highest BCUT2D eigenvalue weighted by molar-refractivity contribution is 7.09. The molecule has 7 nitrogen and oxygen atoms in total. The van der Waals surface area contributed by atoms with Crippen LogP contribution in [0.3, 0.4) is 0 Å². The van der Waals surface area contributed by atoms with E-state index in [1.54, 1.807) is 5.38 Å². The average molecular weight is 404 g/mol. The Morgan fingerprint density at radius 1 is 1.36 bits per heavy atom. The molecule has 0 spiro atoms. The summed E-state index contributed by atoms with van der Waals surface area (Å²) >= 11 is 1.46. The van der Waals surface area contributed by atoms with Gasteiger partial charge in [0.1, 0.15) is 11.9 Å². The summed E-state index contributed by atoms with van der Waals surface area (Å²) in [5, 5.41) is 11.9. The molecule has 9 heteroatoms. The number of anilines is 1. The molecule has 0 radical (unpaired) electrons. The van der Waals surface area contributed by atoms with Gasteiger partial charge < -0.3 is 15.5 Å². The molecule has 2 amide bonds. The fourth-order valence-corrected chi connectivity index (χ4v) is 3.38. The van der Waals surface area contributed by atoms with Gasteiger partial charge in [-0.05, 0) is 31.5 Å². The van der Waals surface area contributed by atoms with E-state index in [1.807, 2.05) is 13.8 Å². The summed E-state index contributed by atoms with van der Waals surface area (Å²) in [6.07, 6.45) is 1.34. The van der Waals surface area contributed by atoms with Crippen LogP contribution >= 0.6 is 11.3 Å². The molecule has 148 valence electrons. The van der Waals surface area contributed by atoms with Crippen molar-refractivity contribution in [2.24, 2.45) is 5.16 Å². The summed E-state index contributed by atoms with van der Waals surface area (Å²) in [4.78, 5) is 34.0. The molecule has 28 heavy (non-hydrogen) atoms. The van der Waals surface area contributed by atoms with Gasteiger partial charge in [-0.3, -0.25) is 9.59 Å². The monoisotopic (exact) mass is 404 g/mol. The lowest BCUT2D eigenvalue weighted by Gasteiger charge is -2.11. The van der Waals surface area contributed by atoms with Crippen LogP contribution in [0.1, 0.15) is 40.8 Å². The molecule has 1 aromatic heterocycles. The summed E-state index contributed by atoms with van der Waals surface area (Å²) in [5.74, 6) is -1.38. The van der Waals surface area contributed by atoms with Crippen molar-refractivity contribution < 1.29 is 18.8 Å². The predicted molar refractivity (Wildman–Crippen MR) is 105 cm³/mol. The van der Waals surface area contributed by atoms with Gasteiger partial charge in [-0.1, -0.05) is 12.1 Å². The highest BCUT2D eigenvalue weighted by Crippen LogP contribution is 2.16. The normalized spacial score (nSPS) is 15.7. The Balaban J connectivity index is 1.57. The van der Waals surface area contributed by atoms with Gasteiger partial charge in [-0.2, -0.15) is 0 Å². The largest absolute Gasteiger partial charge is 0.390 e. The zero-order valence-electron chi connectivity index (χ0n) is 15.6. The molecule has 1 atom stereocenters. The van der Waals surface area contributed by atoms with Crippen LogP contribution in [0.2, 0.25) is 0 Å². The van der Waals surface area contributed by atoms with E-state index in [9.17, 15) is 14.0 Å². The van der Waals surface area contributed by atoms with Crippen molar-refractivity contribution in [1.29, 1.82) is 0 Å². The summed E-state index contributed by atoms with van der Waals surface area (Å²) < 4.78 is 13.9. The first-order chi connectivity index (χ1) is 13.4. The van der Waals surface area contributed by atoms with Crippen molar-refractivity contribution in [3.8, 4) is 0 Å². The second-order valence-corrected chi connectivity index (χ2v) is 7.53. The van der Waals surface area contributed by atoms with E-state index in [0.29, 0.717) is 12.1 Å². The average Bonchev–Trinajstić information content (AvgIpc) is 3.27. The lowest BCUT2D eigenvalue weighted by molar-refractivity contribution is -0.115. The number of carbonyl (C=O) groups excluding carboxylic acids is 2. The predicted octanol–water partition coefficient (Wildman–Crippen LogP) is 3.06. The maximum atomic E-state index is 13.9. The second kappa shape index (κ2) is 8.92. The van der Waals surface area contributed by atoms with Crippen molar-refractivity contribution in [3.05, 3.63) is 45.7 Å². The molecule has 1 unspecified atom stereocenters. The minimum atomic E-state index is -0.610. The number of rotatable bonds is 7. The summed E-state index contributed by atoms with van der Waals surface area (Å²) in [7, 11) is 0. The Labute approximate surface area is 166 Å². The van der Waals surface area contributed by atoms with Crippen LogP contribution in [-0.2, 0) is 16.1 Å². The lowest BCUT2D eigenvalue weighted by atomic mass is 10.1. The first kappa shape index (κ1) is 19.9. The van der Waals surface area contributed by atoms with Gasteiger partial charge in [0.15, 0.2) is 0 Å². The van der Waals surface area contributed by atoms with Crippen molar-refractivity contribution >= 4 is 34.6 Å². The molecule has 1 aliphatic rings. The van der Waals surface area contributed by atoms with E-state index in [0.717, 1.165) is 23.2 Å². The summed E-state index contributed by atoms with van der Waals surface area (Å²) in [6.45, 7) is 4.11. The lowest BCUT2D eigenvalue weighted by Crippen LogP contribution is -2.32. The minimum absolute atomic E-state index is 0.0845. The minimum Gasteiger partial charge on any atom is -0.390 e. The number of aromatic nitrogens is 1. The zero-order chi connectivity index (χ0) is 20.1. The number of aryl methyl sites for hydroxylation is 1. The van der Waals surface area contributed by atoms with Crippen LogP contribution in [0.5, 0.6) is 0 Å². The van der Waals surface area contributed by atoms with Gasteiger partial charge in [0.05, 0.1) is 29.4 Å². The van der Waals surface area contributed by atoms with E-state index in [-0.39, 0.29) is 36.2 Å².